The van der Waals surface area contributed by atoms with E-state index in [0.29, 0.717) is 6.61 Å². The second kappa shape index (κ2) is 5.04. The van der Waals surface area contributed by atoms with Crippen LogP contribution >= 0.6 is 0 Å². The molecule has 2 aliphatic heterocycles. The normalized spacial score (nSPS) is 32.9. The summed E-state index contributed by atoms with van der Waals surface area (Å²) in [5.41, 5.74) is 0.470. The van der Waals surface area contributed by atoms with Crippen LogP contribution in [0.3, 0.4) is 0 Å². The summed E-state index contributed by atoms with van der Waals surface area (Å²) in [6.07, 6.45) is 2.95. The maximum absolute atomic E-state index is 11.5. The highest BCUT2D eigenvalue weighted by Crippen LogP contribution is 2.37. The highest BCUT2D eigenvalue weighted by molar-refractivity contribution is 5.91. The molecule has 2 heterocycles. The van der Waals surface area contributed by atoms with Crippen LogP contribution in [0.1, 0.15) is 25.7 Å². The lowest BCUT2D eigenvalue weighted by Gasteiger charge is -2.45. The Morgan fingerprint density at radius 1 is 1.30 bits per heavy atom. The van der Waals surface area contributed by atoms with Crippen LogP contribution in [0.5, 0.6) is 0 Å². The fourth-order valence-corrected chi connectivity index (χ4v) is 2.91. The van der Waals surface area contributed by atoms with Crippen LogP contribution in [0.25, 0.3) is 0 Å². The highest BCUT2D eigenvalue weighted by atomic mass is 16.7. The summed E-state index contributed by atoms with van der Waals surface area (Å²) in [5, 5.41) is 2.97. The number of nitrogens with one attached hydrogen (secondary N) is 1. The Morgan fingerprint density at radius 2 is 2.05 bits per heavy atom. The Kier molecular flexibility index (Phi) is 3.36. The van der Waals surface area contributed by atoms with E-state index in [-0.39, 0.29) is 24.2 Å². The Hall–Kier alpha value is -1.65. The van der Waals surface area contributed by atoms with Crippen LogP contribution in [0.2, 0.25) is 0 Å². The molecule has 20 heavy (non-hydrogen) atoms. The summed E-state index contributed by atoms with van der Waals surface area (Å²) in [6.45, 7) is 4.62. The van der Waals surface area contributed by atoms with E-state index in [0.717, 1.165) is 5.56 Å². The minimum absolute atomic E-state index is 0.0824. The second-order valence-electron chi connectivity index (χ2n) is 5.72. The fraction of sp³-hybridized carbons (Fsp3) is 0.438. The van der Waals surface area contributed by atoms with Gasteiger partial charge in [0.05, 0.1) is 12.7 Å². The summed E-state index contributed by atoms with van der Waals surface area (Å²) >= 11 is 0. The first-order chi connectivity index (χ1) is 9.61. The predicted octanol–water partition coefficient (Wildman–Crippen LogP) is 2.18. The smallest absolute Gasteiger partial charge is 0.244 e. The average molecular weight is 273 g/mol. The van der Waals surface area contributed by atoms with Crippen molar-refractivity contribution in [1.82, 2.24) is 5.32 Å². The van der Waals surface area contributed by atoms with E-state index < -0.39 is 5.54 Å². The molecule has 4 heteroatoms. The molecule has 106 valence electrons. The van der Waals surface area contributed by atoms with Crippen molar-refractivity contribution in [2.45, 2.75) is 31.8 Å². The van der Waals surface area contributed by atoms with Crippen molar-refractivity contribution >= 4 is 5.91 Å². The third-order valence-corrected chi connectivity index (χ3v) is 3.82. The van der Waals surface area contributed by atoms with Crippen LogP contribution in [0.15, 0.2) is 42.5 Å². The van der Waals surface area contributed by atoms with Gasteiger partial charge >= 0.3 is 0 Å². The summed E-state index contributed by atoms with van der Waals surface area (Å²) < 4.78 is 12.0. The molecule has 0 unspecified atom stereocenters. The maximum atomic E-state index is 11.5. The minimum atomic E-state index is -0.531. The van der Waals surface area contributed by atoms with E-state index in [1.165, 1.54) is 0 Å². The lowest BCUT2D eigenvalue weighted by Crippen LogP contribution is -2.61. The number of carbonyl (C=O) groups is 1. The first kappa shape index (κ1) is 13.3. The van der Waals surface area contributed by atoms with Crippen LogP contribution < -0.4 is 5.32 Å². The number of amides is 1. The van der Waals surface area contributed by atoms with E-state index >= 15 is 0 Å². The Bertz CT molecular complexity index is 526. The molecular weight excluding hydrogens is 254 g/mol. The molecule has 1 aromatic carbocycles. The van der Waals surface area contributed by atoms with Crippen LogP contribution in [0, 0.1) is 5.92 Å². The van der Waals surface area contributed by atoms with Crippen molar-refractivity contribution in [3.05, 3.63) is 48.0 Å². The molecule has 1 amide bonds. The number of hydrogen-bond donors (Lipinski definition) is 1. The van der Waals surface area contributed by atoms with Crippen molar-refractivity contribution in [2.75, 3.05) is 6.61 Å². The molecule has 1 saturated heterocycles. The monoisotopic (exact) mass is 273 g/mol. The summed E-state index contributed by atoms with van der Waals surface area (Å²) in [4.78, 5) is 11.5. The molecule has 1 N–H and O–H groups in total. The number of hydrogen-bond acceptors (Lipinski definition) is 3. The molecule has 0 radical (unpaired) electrons. The summed E-state index contributed by atoms with van der Waals surface area (Å²) in [5.74, 6) is 0.189. The first-order valence-electron chi connectivity index (χ1n) is 6.94. The van der Waals surface area contributed by atoms with Gasteiger partial charge < -0.3 is 14.8 Å². The van der Waals surface area contributed by atoms with Crippen molar-refractivity contribution < 1.29 is 14.3 Å². The van der Waals surface area contributed by atoms with Gasteiger partial charge in [-0.15, -0.1) is 0 Å². The van der Waals surface area contributed by atoms with E-state index in [2.05, 4.69) is 19.2 Å². The van der Waals surface area contributed by atoms with Gasteiger partial charge in [-0.05, 0) is 12.0 Å². The molecule has 1 aromatic rings. The number of rotatable bonds is 2. The zero-order chi connectivity index (χ0) is 14.2. The van der Waals surface area contributed by atoms with Gasteiger partial charge in [-0.3, -0.25) is 4.79 Å². The topological polar surface area (TPSA) is 47.6 Å². The lowest BCUT2D eigenvalue weighted by molar-refractivity contribution is -0.253. The first-order valence-corrected chi connectivity index (χ1v) is 6.94. The predicted molar refractivity (Wildman–Crippen MR) is 74.9 cm³/mol. The summed E-state index contributed by atoms with van der Waals surface area (Å²) in [6, 6.07) is 9.88. The van der Waals surface area contributed by atoms with Gasteiger partial charge in [0.25, 0.3) is 0 Å². The second-order valence-corrected chi connectivity index (χ2v) is 5.72. The lowest BCUT2D eigenvalue weighted by atomic mass is 9.86. The number of benzene rings is 1. The molecular formula is C16H19NO3. The SMILES string of the molecule is CC(C)[C@H]1O[C@H](c2ccccc2)OC[C@@]12C=CC(=O)N2. The Labute approximate surface area is 118 Å². The summed E-state index contributed by atoms with van der Waals surface area (Å²) in [7, 11) is 0. The average Bonchev–Trinajstić information content (AvgIpc) is 2.82. The van der Waals surface area contributed by atoms with Crippen molar-refractivity contribution in [3.8, 4) is 0 Å². The minimum Gasteiger partial charge on any atom is -0.345 e. The van der Waals surface area contributed by atoms with E-state index in [4.69, 9.17) is 9.47 Å². The van der Waals surface area contributed by atoms with E-state index in [1.54, 1.807) is 6.08 Å². The largest absolute Gasteiger partial charge is 0.345 e. The van der Waals surface area contributed by atoms with Gasteiger partial charge in [0.15, 0.2) is 6.29 Å². The quantitative estimate of drug-likeness (QED) is 0.898. The highest BCUT2D eigenvalue weighted by Gasteiger charge is 2.48. The molecule has 0 saturated carbocycles. The van der Waals surface area contributed by atoms with Crippen LogP contribution in [-0.4, -0.2) is 24.2 Å². The molecule has 0 aromatic heterocycles. The van der Waals surface area contributed by atoms with Gasteiger partial charge in [0.2, 0.25) is 5.91 Å². The van der Waals surface area contributed by atoms with Crippen molar-refractivity contribution in [2.24, 2.45) is 5.92 Å². The molecule has 0 bridgehead atoms. The molecule has 1 fully saturated rings. The zero-order valence-corrected chi connectivity index (χ0v) is 11.7. The van der Waals surface area contributed by atoms with Gasteiger partial charge in [-0.1, -0.05) is 44.2 Å². The van der Waals surface area contributed by atoms with Crippen molar-refractivity contribution in [3.63, 3.8) is 0 Å². The van der Waals surface area contributed by atoms with Gasteiger partial charge in [-0.2, -0.15) is 0 Å². The molecule has 2 aliphatic rings. The maximum Gasteiger partial charge on any atom is 0.244 e. The molecule has 4 nitrogen and oxygen atoms in total. The van der Waals surface area contributed by atoms with Gasteiger partial charge in [0, 0.05) is 11.6 Å². The third kappa shape index (κ3) is 2.25. The van der Waals surface area contributed by atoms with E-state index in [9.17, 15) is 4.79 Å². The standard InChI is InChI=1S/C16H19NO3/c1-11(2)14-16(9-8-13(18)17-16)10-19-15(20-14)12-6-4-3-5-7-12/h3-9,11,14-15H,10H2,1-2H3,(H,17,18)/t14-,15-,16+/m1/s1. The molecule has 0 aliphatic carbocycles. The van der Waals surface area contributed by atoms with Crippen molar-refractivity contribution in [1.29, 1.82) is 0 Å². The molecule has 3 rings (SSSR count). The molecule has 1 spiro atoms. The Balaban J connectivity index is 1.84. The van der Waals surface area contributed by atoms with Gasteiger partial charge in [0.1, 0.15) is 5.54 Å². The van der Waals surface area contributed by atoms with E-state index in [1.807, 2.05) is 36.4 Å². The third-order valence-electron chi connectivity index (χ3n) is 3.82. The van der Waals surface area contributed by atoms with Gasteiger partial charge in [-0.25, -0.2) is 0 Å². The zero-order valence-electron chi connectivity index (χ0n) is 11.7. The fourth-order valence-electron chi connectivity index (χ4n) is 2.91. The molecule has 3 atom stereocenters. The van der Waals surface area contributed by atoms with Crippen LogP contribution in [-0.2, 0) is 14.3 Å². The number of ether oxygens (including phenoxy) is 2. The Morgan fingerprint density at radius 3 is 2.65 bits per heavy atom. The number of carbonyl (C=O) groups excluding carboxylic acids is 1. The van der Waals surface area contributed by atoms with Crippen LogP contribution in [0.4, 0.5) is 0 Å².